The Hall–Kier alpha value is -0.110. The van der Waals surface area contributed by atoms with E-state index in [1.54, 1.807) is 14.0 Å². The molecule has 1 rings (SSSR count). The van der Waals surface area contributed by atoms with Crippen molar-refractivity contribution in [3.8, 4) is 0 Å². The van der Waals surface area contributed by atoms with E-state index in [9.17, 15) is 4.39 Å². The molecule has 1 aliphatic carbocycles. The maximum Gasteiger partial charge on any atom is 0.120 e. The number of hydrogen-bond acceptors (Lipinski definition) is 1. The van der Waals surface area contributed by atoms with E-state index >= 15 is 0 Å². The molecule has 1 nitrogen and oxygen atoms in total. The lowest BCUT2D eigenvalue weighted by atomic mass is 10.0. The van der Waals surface area contributed by atoms with Crippen molar-refractivity contribution in [2.24, 2.45) is 5.92 Å². The summed E-state index contributed by atoms with van der Waals surface area (Å²) in [4.78, 5) is 0. The zero-order valence-corrected chi connectivity index (χ0v) is 6.78. The molecule has 0 aliphatic heterocycles. The fourth-order valence-corrected chi connectivity index (χ4v) is 1.36. The quantitative estimate of drug-likeness (QED) is 0.635. The minimum absolute atomic E-state index is 0.490. The molecular formula is C8H16FN. The molecule has 1 saturated carbocycles. The minimum atomic E-state index is -0.976. The van der Waals surface area contributed by atoms with Crippen LogP contribution < -0.4 is 5.32 Å². The Kier molecular flexibility index (Phi) is 2.29. The van der Waals surface area contributed by atoms with Crippen molar-refractivity contribution in [3.05, 3.63) is 0 Å². The number of alkyl halides is 1. The second kappa shape index (κ2) is 2.87. The van der Waals surface area contributed by atoms with E-state index in [0.717, 1.165) is 6.42 Å². The van der Waals surface area contributed by atoms with Gasteiger partial charge >= 0.3 is 0 Å². The van der Waals surface area contributed by atoms with Crippen LogP contribution in [0.25, 0.3) is 0 Å². The molecule has 0 aromatic rings. The van der Waals surface area contributed by atoms with Crippen molar-refractivity contribution in [1.29, 1.82) is 0 Å². The molecule has 2 heteroatoms. The third kappa shape index (κ3) is 2.65. The fraction of sp³-hybridized carbons (Fsp3) is 1.00. The molecule has 0 spiro atoms. The molecule has 60 valence electrons. The Morgan fingerprint density at radius 1 is 1.60 bits per heavy atom. The summed E-state index contributed by atoms with van der Waals surface area (Å²) in [6.07, 6.45) is 3.22. The molecule has 0 aromatic carbocycles. The van der Waals surface area contributed by atoms with Crippen LogP contribution in [0.3, 0.4) is 0 Å². The molecule has 1 aliphatic rings. The van der Waals surface area contributed by atoms with Gasteiger partial charge in [0, 0.05) is 6.54 Å². The van der Waals surface area contributed by atoms with E-state index in [1.165, 1.54) is 12.8 Å². The van der Waals surface area contributed by atoms with Crippen molar-refractivity contribution in [2.75, 3.05) is 13.6 Å². The highest BCUT2D eigenvalue weighted by Gasteiger charge is 2.32. The van der Waals surface area contributed by atoms with Crippen LogP contribution in [0.5, 0.6) is 0 Å². The molecule has 10 heavy (non-hydrogen) atoms. The monoisotopic (exact) mass is 145 g/mol. The Bertz CT molecular complexity index is 108. The summed E-state index contributed by atoms with van der Waals surface area (Å²) in [5.74, 6) is 0.684. The van der Waals surface area contributed by atoms with Gasteiger partial charge < -0.3 is 5.32 Å². The molecule has 0 saturated heterocycles. The molecule has 1 N–H and O–H groups in total. The summed E-state index contributed by atoms with van der Waals surface area (Å²) < 4.78 is 13.3. The third-order valence-electron chi connectivity index (χ3n) is 1.96. The van der Waals surface area contributed by atoms with Crippen LogP contribution in [0.1, 0.15) is 26.2 Å². The average molecular weight is 145 g/mol. The van der Waals surface area contributed by atoms with Gasteiger partial charge in [0.1, 0.15) is 5.67 Å². The SMILES string of the molecule is CNCC(C)(F)CC1CC1. The smallest absolute Gasteiger partial charge is 0.120 e. The van der Waals surface area contributed by atoms with E-state index < -0.39 is 5.67 Å². The largest absolute Gasteiger partial charge is 0.317 e. The van der Waals surface area contributed by atoms with Crippen LogP contribution in [0, 0.1) is 5.92 Å². The van der Waals surface area contributed by atoms with Gasteiger partial charge in [-0.15, -0.1) is 0 Å². The van der Waals surface area contributed by atoms with Crippen molar-refractivity contribution in [2.45, 2.75) is 31.9 Å². The van der Waals surface area contributed by atoms with Crippen LogP contribution in [-0.2, 0) is 0 Å². The lowest BCUT2D eigenvalue weighted by Crippen LogP contribution is -2.32. The van der Waals surface area contributed by atoms with Crippen molar-refractivity contribution in [1.82, 2.24) is 5.32 Å². The van der Waals surface area contributed by atoms with E-state index in [1.807, 2.05) is 0 Å². The third-order valence-corrected chi connectivity index (χ3v) is 1.96. The maximum absolute atomic E-state index is 13.3. The van der Waals surface area contributed by atoms with E-state index in [-0.39, 0.29) is 0 Å². The predicted octanol–water partition coefficient (Wildman–Crippen LogP) is 1.73. The first-order chi connectivity index (χ1) is 4.64. The van der Waals surface area contributed by atoms with Crippen LogP contribution in [0.4, 0.5) is 4.39 Å². The zero-order chi connectivity index (χ0) is 7.61. The number of nitrogens with one attached hydrogen (secondary N) is 1. The van der Waals surface area contributed by atoms with Gasteiger partial charge in [0.15, 0.2) is 0 Å². The van der Waals surface area contributed by atoms with Crippen molar-refractivity contribution >= 4 is 0 Å². The summed E-state index contributed by atoms with van der Waals surface area (Å²) in [6.45, 7) is 2.17. The Balaban J connectivity index is 2.19. The summed E-state index contributed by atoms with van der Waals surface area (Å²) in [5.41, 5.74) is -0.976. The molecular weight excluding hydrogens is 129 g/mol. The van der Waals surface area contributed by atoms with Gasteiger partial charge in [-0.05, 0) is 26.3 Å². The molecule has 1 fully saturated rings. The lowest BCUT2D eigenvalue weighted by molar-refractivity contribution is 0.165. The summed E-state index contributed by atoms with van der Waals surface area (Å²) in [6, 6.07) is 0. The first-order valence-corrected chi connectivity index (χ1v) is 3.97. The highest BCUT2D eigenvalue weighted by molar-refractivity contribution is 4.85. The minimum Gasteiger partial charge on any atom is -0.317 e. The standard InChI is InChI=1S/C8H16FN/c1-8(9,6-10-2)5-7-3-4-7/h7,10H,3-6H2,1-2H3. The predicted molar refractivity (Wildman–Crippen MR) is 40.8 cm³/mol. The Morgan fingerprint density at radius 2 is 2.20 bits per heavy atom. The number of hydrogen-bond donors (Lipinski definition) is 1. The van der Waals surface area contributed by atoms with Crippen LogP contribution in [-0.4, -0.2) is 19.3 Å². The summed E-state index contributed by atoms with van der Waals surface area (Å²) in [7, 11) is 1.80. The Labute approximate surface area is 62.0 Å². The van der Waals surface area contributed by atoms with Crippen LogP contribution >= 0.6 is 0 Å². The van der Waals surface area contributed by atoms with Crippen LogP contribution in [0.15, 0.2) is 0 Å². The van der Waals surface area contributed by atoms with E-state index in [2.05, 4.69) is 5.32 Å². The molecule has 1 unspecified atom stereocenters. The average Bonchev–Trinajstić information content (AvgIpc) is 2.48. The second-order valence-electron chi connectivity index (χ2n) is 3.59. The first-order valence-electron chi connectivity index (χ1n) is 3.97. The van der Waals surface area contributed by atoms with Gasteiger partial charge in [-0.25, -0.2) is 4.39 Å². The van der Waals surface area contributed by atoms with Crippen molar-refractivity contribution in [3.63, 3.8) is 0 Å². The molecule has 0 amide bonds. The Morgan fingerprint density at radius 3 is 2.60 bits per heavy atom. The normalized spacial score (nSPS) is 24.3. The lowest BCUT2D eigenvalue weighted by Gasteiger charge is -2.18. The van der Waals surface area contributed by atoms with Crippen LogP contribution in [0.2, 0.25) is 0 Å². The number of rotatable bonds is 4. The van der Waals surface area contributed by atoms with Crippen molar-refractivity contribution < 1.29 is 4.39 Å². The zero-order valence-electron chi connectivity index (χ0n) is 6.78. The van der Waals surface area contributed by atoms with Gasteiger partial charge in [-0.1, -0.05) is 12.8 Å². The van der Waals surface area contributed by atoms with E-state index in [4.69, 9.17) is 0 Å². The molecule has 0 radical (unpaired) electrons. The van der Waals surface area contributed by atoms with E-state index in [0.29, 0.717) is 12.5 Å². The van der Waals surface area contributed by atoms with Gasteiger partial charge in [0.05, 0.1) is 0 Å². The highest BCUT2D eigenvalue weighted by atomic mass is 19.1. The van der Waals surface area contributed by atoms with Gasteiger partial charge in [0.2, 0.25) is 0 Å². The fourth-order valence-electron chi connectivity index (χ4n) is 1.36. The molecule has 1 atom stereocenters. The molecule has 0 heterocycles. The summed E-state index contributed by atoms with van der Waals surface area (Å²) >= 11 is 0. The van der Waals surface area contributed by atoms with Gasteiger partial charge in [0.25, 0.3) is 0 Å². The highest BCUT2D eigenvalue weighted by Crippen LogP contribution is 2.37. The second-order valence-corrected chi connectivity index (χ2v) is 3.59. The maximum atomic E-state index is 13.3. The topological polar surface area (TPSA) is 12.0 Å². The first kappa shape index (κ1) is 7.99. The molecule has 0 bridgehead atoms. The molecule has 0 aromatic heterocycles. The van der Waals surface area contributed by atoms with Gasteiger partial charge in [-0.3, -0.25) is 0 Å². The summed E-state index contributed by atoms with van der Waals surface area (Å²) in [5, 5.41) is 2.87. The van der Waals surface area contributed by atoms with Gasteiger partial charge in [-0.2, -0.15) is 0 Å². The number of halogens is 1.